The van der Waals surface area contributed by atoms with Crippen molar-refractivity contribution >= 4 is 47.7 Å². The Labute approximate surface area is 177 Å². The van der Waals surface area contributed by atoms with Crippen LogP contribution in [0.2, 0.25) is 0 Å². The summed E-state index contributed by atoms with van der Waals surface area (Å²) in [5.74, 6) is 0.884. The quantitative estimate of drug-likeness (QED) is 0.692. The van der Waals surface area contributed by atoms with E-state index in [0.29, 0.717) is 6.54 Å². The topological polar surface area (TPSA) is 86.0 Å². The molecule has 5 nitrogen and oxygen atoms in total. The van der Waals surface area contributed by atoms with E-state index in [0.717, 1.165) is 47.0 Å². The molecule has 0 aliphatic carbocycles. The highest BCUT2D eigenvalue weighted by molar-refractivity contribution is 6.18. The first-order chi connectivity index (χ1) is 12.4. The normalized spacial score (nSPS) is 11.5. The number of benzene rings is 2. The Morgan fingerprint density at radius 1 is 0.857 bits per heavy atom. The van der Waals surface area contributed by atoms with Crippen LogP contribution in [0.3, 0.4) is 0 Å². The van der Waals surface area contributed by atoms with Crippen molar-refractivity contribution in [3.63, 3.8) is 0 Å². The third-order valence-corrected chi connectivity index (χ3v) is 4.34. The summed E-state index contributed by atoms with van der Waals surface area (Å²) in [6.45, 7) is 1.46. The van der Waals surface area contributed by atoms with Crippen LogP contribution in [-0.4, -0.2) is 29.3 Å². The molecule has 1 aliphatic heterocycles. The minimum absolute atomic E-state index is 0. The molecule has 0 radical (unpaired) electrons. The van der Waals surface area contributed by atoms with E-state index >= 15 is 0 Å². The van der Waals surface area contributed by atoms with E-state index in [4.69, 9.17) is 10.7 Å². The number of nitrogens with zero attached hydrogens (tertiary/aromatic N) is 3. The van der Waals surface area contributed by atoms with Gasteiger partial charge in [0.15, 0.2) is 5.82 Å². The molecule has 0 saturated carbocycles. The minimum atomic E-state index is 0. The maximum Gasteiger partial charge on any atom is 0.159 e. The summed E-state index contributed by atoms with van der Waals surface area (Å²) in [6.07, 6.45) is 2.71. The van der Waals surface area contributed by atoms with Gasteiger partial charge in [-0.15, -0.1) is 24.8 Å². The zero-order chi connectivity index (χ0) is 17.1. The zero-order valence-electron chi connectivity index (χ0n) is 15.3. The van der Waals surface area contributed by atoms with Crippen molar-refractivity contribution in [1.29, 1.82) is 0 Å². The smallest absolute Gasteiger partial charge is 0.159 e. The van der Waals surface area contributed by atoms with E-state index in [-0.39, 0.29) is 30.3 Å². The third-order valence-electron chi connectivity index (χ3n) is 4.34. The van der Waals surface area contributed by atoms with Crippen molar-refractivity contribution in [2.24, 2.45) is 10.7 Å². The predicted molar refractivity (Wildman–Crippen MR) is 121 cm³/mol. The number of fused-ring (bicyclic) bond motifs is 2. The molecule has 0 fully saturated rings. The molecule has 148 valence electrons. The molecule has 0 spiro atoms. The molecule has 4 rings (SSSR count). The average Bonchev–Trinajstić information content (AvgIpc) is 2.82. The number of halogens is 2. The Morgan fingerprint density at radius 2 is 1.57 bits per heavy atom. The number of hydrogen-bond acceptors (Lipinski definition) is 4. The summed E-state index contributed by atoms with van der Waals surface area (Å²) in [7, 11) is 0. The predicted octanol–water partition coefficient (Wildman–Crippen LogP) is 4.07. The highest BCUT2D eigenvalue weighted by atomic mass is 35.5. The van der Waals surface area contributed by atoms with Crippen LogP contribution in [0.15, 0.2) is 77.9 Å². The van der Waals surface area contributed by atoms with Crippen molar-refractivity contribution < 1.29 is 5.48 Å². The summed E-state index contributed by atoms with van der Waals surface area (Å²) in [5.41, 5.74) is 11.0. The number of hydrogen-bond donors (Lipinski definition) is 1. The van der Waals surface area contributed by atoms with Crippen LogP contribution < -0.4 is 10.6 Å². The van der Waals surface area contributed by atoms with Gasteiger partial charge in [-0.1, -0.05) is 48.5 Å². The van der Waals surface area contributed by atoms with Crippen LogP contribution in [-0.2, 0) is 0 Å². The fraction of sp³-hybridized carbons (Fsp3) is 0.143. The molecule has 3 aromatic rings. The summed E-state index contributed by atoms with van der Waals surface area (Å²) in [4.78, 5) is 11.8. The second kappa shape index (κ2) is 10.8. The third kappa shape index (κ3) is 4.51. The minimum Gasteiger partial charge on any atom is -0.412 e. The first kappa shape index (κ1) is 23.6. The van der Waals surface area contributed by atoms with Gasteiger partial charge in [-0.2, -0.15) is 0 Å². The molecule has 7 heteroatoms. The van der Waals surface area contributed by atoms with Crippen molar-refractivity contribution in [3.05, 3.63) is 84.1 Å². The Hall–Kier alpha value is -2.44. The van der Waals surface area contributed by atoms with Gasteiger partial charge >= 0.3 is 0 Å². The lowest BCUT2D eigenvalue weighted by molar-refractivity contribution is 0.811. The van der Waals surface area contributed by atoms with Crippen molar-refractivity contribution in [3.8, 4) is 0 Å². The van der Waals surface area contributed by atoms with Gasteiger partial charge in [0, 0.05) is 23.9 Å². The van der Waals surface area contributed by atoms with Crippen LogP contribution in [0, 0.1) is 0 Å². The highest BCUT2D eigenvalue weighted by Crippen LogP contribution is 2.38. The van der Waals surface area contributed by atoms with E-state index < -0.39 is 0 Å². The maximum atomic E-state index is 5.77. The SMILES string of the molecule is Cl.Cl.NCCCN1c2ccccc2C(c2ccccc2)=Nc2cccnc21.O. The molecule has 1 aliphatic rings. The first-order valence-corrected chi connectivity index (χ1v) is 8.54. The summed E-state index contributed by atoms with van der Waals surface area (Å²) >= 11 is 0. The fourth-order valence-corrected chi connectivity index (χ4v) is 3.18. The Bertz CT molecular complexity index is 919. The van der Waals surface area contributed by atoms with E-state index in [1.165, 1.54) is 0 Å². The Balaban J connectivity index is 0.00000131. The van der Waals surface area contributed by atoms with Gasteiger partial charge in [0.2, 0.25) is 0 Å². The van der Waals surface area contributed by atoms with E-state index in [9.17, 15) is 0 Å². The van der Waals surface area contributed by atoms with Crippen molar-refractivity contribution in [2.75, 3.05) is 18.0 Å². The average molecular weight is 419 g/mol. The number of anilines is 2. The molecule has 0 atom stereocenters. The summed E-state index contributed by atoms with van der Waals surface area (Å²) < 4.78 is 0. The van der Waals surface area contributed by atoms with E-state index in [1.807, 2.05) is 36.5 Å². The molecule has 2 heterocycles. The molecule has 0 amide bonds. The standard InChI is InChI=1S/C21H20N4.2ClH.H2O/c22-13-7-15-25-19-12-5-4-10-17(19)20(16-8-2-1-3-9-16)24-18-11-6-14-23-21(18)25;;;/h1-6,8-12,14H,7,13,15,22H2;2*1H;1H2. The number of aromatic nitrogens is 1. The maximum absolute atomic E-state index is 5.77. The second-order valence-electron chi connectivity index (χ2n) is 5.98. The molecule has 4 N–H and O–H groups in total. The summed E-state index contributed by atoms with van der Waals surface area (Å²) in [6, 6.07) is 22.6. The van der Waals surface area contributed by atoms with Crippen LogP contribution in [0.1, 0.15) is 17.5 Å². The van der Waals surface area contributed by atoms with Gasteiger partial charge in [0.1, 0.15) is 5.69 Å². The zero-order valence-corrected chi connectivity index (χ0v) is 16.9. The van der Waals surface area contributed by atoms with Gasteiger partial charge in [-0.3, -0.25) is 0 Å². The van der Waals surface area contributed by atoms with Gasteiger partial charge in [0.05, 0.1) is 11.4 Å². The van der Waals surface area contributed by atoms with Crippen LogP contribution >= 0.6 is 24.8 Å². The van der Waals surface area contributed by atoms with Crippen LogP contribution in [0.4, 0.5) is 17.2 Å². The van der Waals surface area contributed by atoms with E-state index in [1.54, 1.807) is 0 Å². The second-order valence-corrected chi connectivity index (χ2v) is 5.98. The molecular weight excluding hydrogens is 395 g/mol. The fourth-order valence-electron chi connectivity index (χ4n) is 3.18. The lowest BCUT2D eigenvalue weighted by atomic mass is 10.00. The molecular formula is C21H24Cl2N4O. The number of pyridine rings is 1. The number of para-hydroxylation sites is 1. The molecule has 2 aromatic carbocycles. The van der Waals surface area contributed by atoms with Gasteiger partial charge < -0.3 is 16.1 Å². The molecule has 1 aromatic heterocycles. The van der Waals surface area contributed by atoms with E-state index in [2.05, 4.69) is 46.3 Å². The first-order valence-electron chi connectivity index (χ1n) is 8.54. The molecule has 28 heavy (non-hydrogen) atoms. The molecule has 0 saturated heterocycles. The number of nitrogens with two attached hydrogens (primary N) is 1. The largest absolute Gasteiger partial charge is 0.412 e. The molecule has 0 unspecified atom stereocenters. The number of rotatable bonds is 4. The Morgan fingerprint density at radius 3 is 2.32 bits per heavy atom. The van der Waals surface area contributed by atoms with Crippen molar-refractivity contribution in [2.45, 2.75) is 6.42 Å². The van der Waals surface area contributed by atoms with Gasteiger partial charge in [-0.25, -0.2) is 9.98 Å². The van der Waals surface area contributed by atoms with Crippen molar-refractivity contribution in [1.82, 2.24) is 4.98 Å². The monoisotopic (exact) mass is 418 g/mol. The number of aliphatic imine (C=N–C) groups is 1. The highest BCUT2D eigenvalue weighted by Gasteiger charge is 2.23. The Kier molecular flexibility index (Phi) is 9.09. The van der Waals surface area contributed by atoms with Crippen LogP contribution in [0.5, 0.6) is 0 Å². The lowest BCUT2D eigenvalue weighted by Crippen LogP contribution is -2.23. The lowest BCUT2D eigenvalue weighted by Gasteiger charge is -2.25. The van der Waals surface area contributed by atoms with Crippen LogP contribution in [0.25, 0.3) is 0 Å². The van der Waals surface area contributed by atoms with Gasteiger partial charge in [0.25, 0.3) is 0 Å². The summed E-state index contributed by atoms with van der Waals surface area (Å²) in [5, 5.41) is 0. The van der Waals surface area contributed by atoms with Gasteiger partial charge in [-0.05, 0) is 31.2 Å². The molecule has 0 bridgehead atoms.